The van der Waals surface area contributed by atoms with Gasteiger partial charge in [0.15, 0.2) is 5.78 Å². The van der Waals surface area contributed by atoms with Crippen LogP contribution in [0.1, 0.15) is 21.5 Å². The highest BCUT2D eigenvalue weighted by atomic mass is 19.1. The zero-order valence-corrected chi connectivity index (χ0v) is 11.6. The minimum atomic E-state index is -0.280. The maximum atomic E-state index is 13.1. The zero-order chi connectivity index (χ0) is 14.8. The smallest absolute Gasteiger partial charge is 0.167 e. The molecule has 0 saturated heterocycles. The predicted molar refractivity (Wildman–Crippen MR) is 80.9 cm³/mol. The normalized spacial score (nSPS) is 10.8. The number of rotatable bonds is 3. The molecule has 0 amide bonds. The van der Waals surface area contributed by atoms with Gasteiger partial charge in [-0.25, -0.2) is 4.39 Å². The van der Waals surface area contributed by atoms with E-state index in [1.165, 1.54) is 12.1 Å². The number of aryl methyl sites for hydroxylation is 1. The average molecular weight is 279 g/mol. The Hall–Kier alpha value is -2.55. The molecule has 0 fully saturated rings. The van der Waals surface area contributed by atoms with Crippen molar-refractivity contribution in [3.05, 3.63) is 77.2 Å². The van der Waals surface area contributed by atoms with E-state index in [0.29, 0.717) is 5.56 Å². The molecule has 0 radical (unpaired) electrons. The maximum Gasteiger partial charge on any atom is 0.167 e. The Labute approximate surface area is 122 Å². The number of pyridine rings is 1. The van der Waals surface area contributed by atoms with Gasteiger partial charge >= 0.3 is 0 Å². The molecular weight excluding hydrogens is 265 g/mol. The fraction of sp³-hybridized carbons (Fsp3) is 0.111. The lowest BCUT2D eigenvalue weighted by Crippen LogP contribution is -2.06. The average Bonchev–Trinajstić information content (AvgIpc) is 2.49. The Bertz CT molecular complexity index is 821. The van der Waals surface area contributed by atoms with Crippen LogP contribution in [-0.2, 0) is 6.42 Å². The van der Waals surface area contributed by atoms with E-state index in [1.54, 1.807) is 18.3 Å². The fourth-order valence-corrected chi connectivity index (χ4v) is 2.46. The van der Waals surface area contributed by atoms with Crippen LogP contribution in [0.2, 0.25) is 0 Å². The minimum Gasteiger partial charge on any atom is -0.294 e. The molecule has 1 aromatic heterocycles. The Balaban J connectivity index is 1.97. The van der Waals surface area contributed by atoms with Crippen LogP contribution in [-0.4, -0.2) is 10.8 Å². The molecule has 3 rings (SSSR count). The second-order valence-corrected chi connectivity index (χ2v) is 5.05. The van der Waals surface area contributed by atoms with Crippen LogP contribution in [0.4, 0.5) is 4.39 Å². The first kappa shape index (κ1) is 13.4. The number of Topliss-reactive ketones (excluding diaryl/α,β-unsaturated/α-hetero) is 1. The maximum absolute atomic E-state index is 13.1. The third kappa shape index (κ3) is 2.68. The van der Waals surface area contributed by atoms with Crippen LogP contribution in [0.25, 0.3) is 10.9 Å². The fourth-order valence-electron chi connectivity index (χ4n) is 2.46. The Morgan fingerprint density at radius 3 is 2.76 bits per heavy atom. The van der Waals surface area contributed by atoms with Crippen LogP contribution in [0.15, 0.2) is 54.7 Å². The number of carbonyl (C=O) groups is 1. The largest absolute Gasteiger partial charge is 0.294 e. The molecule has 0 saturated carbocycles. The van der Waals surface area contributed by atoms with Crippen molar-refractivity contribution >= 4 is 16.7 Å². The molecule has 0 atom stereocenters. The summed E-state index contributed by atoms with van der Waals surface area (Å²) < 4.78 is 13.1. The van der Waals surface area contributed by atoms with E-state index in [4.69, 9.17) is 0 Å². The Morgan fingerprint density at radius 2 is 1.95 bits per heavy atom. The van der Waals surface area contributed by atoms with Crippen molar-refractivity contribution in [3.63, 3.8) is 0 Å². The molecule has 3 heteroatoms. The summed E-state index contributed by atoms with van der Waals surface area (Å²) in [7, 11) is 0. The van der Waals surface area contributed by atoms with E-state index in [1.807, 2.05) is 31.2 Å². The zero-order valence-electron chi connectivity index (χ0n) is 11.6. The standard InChI is InChI=1S/C18H14FNO/c1-12-10-14(19)7-6-13(12)11-18(21)16-8-9-20-17-5-3-2-4-15(16)17/h2-10H,11H2,1H3. The van der Waals surface area contributed by atoms with E-state index in [2.05, 4.69) is 4.98 Å². The van der Waals surface area contributed by atoms with Gasteiger partial charge in [-0.1, -0.05) is 24.3 Å². The number of ketones is 1. The lowest BCUT2D eigenvalue weighted by Gasteiger charge is -2.07. The lowest BCUT2D eigenvalue weighted by molar-refractivity contribution is 0.0994. The van der Waals surface area contributed by atoms with Gasteiger partial charge in [-0.15, -0.1) is 0 Å². The third-order valence-corrected chi connectivity index (χ3v) is 3.61. The Kier molecular flexibility index (Phi) is 3.48. The van der Waals surface area contributed by atoms with Gasteiger partial charge in [-0.3, -0.25) is 9.78 Å². The molecule has 0 aliphatic heterocycles. The highest BCUT2D eigenvalue weighted by Gasteiger charge is 2.12. The number of benzene rings is 2. The van der Waals surface area contributed by atoms with E-state index in [0.717, 1.165) is 22.0 Å². The number of aromatic nitrogens is 1. The first-order chi connectivity index (χ1) is 10.1. The van der Waals surface area contributed by atoms with Crippen LogP contribution in [0.3, 0.4) is 0 Å². The van der Waals surface area contributed by atoms with Crippen molar-refractivity contribution in [3.8, 4) is 0 Å². The lowest BCUT2D eigenvalue weighted by atomic mass is 9.97. The minimum absolute atomic E-state index is 0.0170. The van der Waals surface area contributed by atoms with Crippen LogP contribution in [0, 0.1) is 12.7 Å². The molecule has 2 nitrogen and oxygen atoms in total. The first-order valence-corrected chi connectivity index (χ1v) is 6.77. The van der Waals surface area contributed by atoms with Crippen molar-refractivity contribution in [2.24, 2.45) is 0 Å². The third-order valence-electron chi connectivity index (χ3n) is 3.61. The topological polar surface area (TPSA) is 30.0 Å². The number of fused-ring (bicyclic) bond motifs is 1. The summed E-state index contributed by atoms with van der Waals surface area (Å²) in [6, 6.07) is 13.8. The predicted octanol–water partition coefficient (Wildman–Crippen LogP) is 4.11. The second kappa shape index (κ2) is 5.44. The van der Waals surface area contributed by atoms with Gasteiger partial charge in [0.2, 0.25) is 0 Å². The van der Waals surface area contributed by atoms with Crippen LogP contribution < -0.4 is 0 Å². The van der Waals surface area contributed by atoms with Crippen LogP contribution in [0.5, 0.6) is 0 Å². The van der Waals surface area contributed by atoms with Gasteiger partial charge < -0.3 is 0 Å². The molecule has 0 aliphatic carbocycles. The molecule has 0 aliphatic rings. The SMILES string of the molecule is Cc1cc(F)ccc1CC(=O)c1ccnc2ccccc12. The number of para-hydroxylation sites is 1. The number of carbonyl (C=O) groups excluding carboxylic acids is 1. The van der Waals surface area contributed by atoms with E-state index in [-0.39, 0.29) is 18.0 Å². The van der Waals surface area contributed by atoms with Gasteiger partial charge in [0, 0.05) is 23.6 Å². The summed E-state index contributed by atoms with van der Waals surface area (Å²) in [5.74, 6) is -0.263. The van der Waals surface area contributed by atoms with Gasteiger partial charge in [0.05, 0.1) is 5.52 Å². The van der Waals surface area contributed by atoms with Gasteiger partial charge in [0.25, 0.3) is 0 Å². The van der Waals surface area contributed by atoms with Gasteiger partial charge in [-0.05, 0) is 42.3 Å². The monoisotopic (exact) mass is 279 g/mol. The molecular formula is C18H14FNO. The highest BCUT2D eigenvalue weighted by Crippen LogP contribution is 2.19. The molecule has 3 aromatic rings. The first-order valence-electron chi connectivity index (χ1n) is 6.77. The summed E-state index contributed by atoms with van der Waals surface area (Å²) in [4.78, 5) is 16.8. The van der Waals surface area contributed by atoms with Gasteiger partial charge in [0.1, 0.15) is 5.82 Å². The summed E-state index contributed by atoms with van der Waals surface area (Å²) in [5, 5.41) is 0.852. The summed E-state index contributed by atoms with van der Waals surface area (Å²) in [5.41, 5.74) is 3.10. The van der Waals surface area contributed by atoms with E-state index < -0.39 is 0 Å². The highest BCUT2D eigenvalue weighted by molar-refractivity contribution is 6.07. The summed E-state index contributed by atoms with van der Waals surface area (Å²) in [6.07, 6.45) is 1.91. The number of hydrogen-bond acceptors (Lipinski definition) is 2. The summed E-state index contributed by atoms with van der Waals surface area (Å²) >= 11 is 0. The molecule has 0 bridgehead atoms. The molecule has 21 heavy (non-hydrogen) atoms. The number of hydrogen-bond donors (Lipinski definition) is 0. The molecule has 0 N–H and O–H groups in total. The van der Waals surface area contributed by atoms with Crippen molar-refractivity contribution in [2.75, 3.05) is 0 Å². The van der Waals surface area contributed by atoms with Crippen LogP contribution >= 0.6 is 0 Å². The molecule has 0 spiro atoms. The van der Waals surface area contributed by atoms with E-state index >= 15 is 0 Å². The molecule has 0 unspecified atom stereocenters. The summed E-state index contributed by atoms with van der Waals surface area (Å²) in [6.45, 7) is 1.82. The van der Waals surface area contributed by atoms with Crippen molar-refractivity contribution in [1.29, 1.82) is 0 Å². The van der Waals surface area contributed by atoms with Gasteiger partial charge in [-0.2, -0.15) is 0 Å². The molecule has 104 valence electrons. The molecule has 1 heterocycles. The quantitative estimate of drug-likeness (QED) is 0.675. The second-order valence-electron chi connectivity index (χ2n) is 5.05. The van der Waals surface area contributed by atoms with E-state index in [9.17, 15) is 9.18 Å². The van der Waals surface area contributed by atoms with Crippen molar-refractivity contribution in [1.82, 2.24) is 4.98 Å². The number of nitrogens with zero attached hydrogens (tertiary/aromatic N) is 1. The Morgan fingerprint density at radius 1 is 1.14 bits per heavy atom. The number of halogens is 1. The van der Waals surface area contributed by atoms with Crippen molar-refractivity contribution in [2.45, 2.75) is 13.3 Å². The van der Waals surface area contributed by atoms with Crippen molar-refractivity contribution < 1.29 is 9.18 Å². The molecule has 2 aromatic carbocycles.